The van der Waals surface area contributed by atoms with E-state index in [1.54, 1.807) is 18.2 Å². The first-order chi connectivity index (χ1) is 13.0. The Balaban J connectivity index is 1.98. The number of aromatic carboxylic acids is 1. The highest BCUT2D eigenvalue weighted by molar-refractivity contribution is 6.35. The first-order valence-corrected chi connectivity index (χ1v) is 8.96. The number of pyridine rings is 1. The molecule has 3 heterocycles. The van der Waals surface area contributed by atoms with Gasteiger partial charge in [-0.3, -0.25) is 4.98 Å². The van der Waals surface area contributed by atoms with E-state index in [2.05, 4.69) is 15.0 Å². The Morgan fingerprint density at radius 1 is 1.04 bits per heavy atom. The van der Waals surface area contributed by atoms with Crippen molar-refractivity contribution in [2.24, 2.45) is 0 Å². The van der Waals surface area contributed by atoms with Crippen LogP contribution < -0.4 is 4.90 Å². The Hall–Kier alpha value is -2.48. The average Bonchev–Trinajstić information content (AvgIpc) is 2.66. The molecule has 1 N–H and O–H groups in total. The summed E-state index contributed by atoms with van der Waals surface area (Å²) in [6.07, 6.45) is 2.73. The lowest BCUT2D eigenvalue weighted by Crippen LogP contribution is -2.37. The maximum Gasteiger partial charge on any atom is 0.339 e. The third-order valence-corrected chi connectivity index (χ3v) is 4.75. The summed E-state index contributed by atoms with van der Waals surface area (Å²) in [7, 11) is 0. The molecule has 0 radical (unpaired) electrons. The van der Waals surface area contributed by atoms with E-state index in [1.165, 1.54) is 12.5 Å². The van der Waals surface area contributed by atoms with Crippen LogP contribution in [0.2, 0.25) is 10.0 Å². The van der Waals surface area contributed by atoms with Crippen molar-refractivity contribution in [2.45, 2.75) is 0 Å². The van der Waals surface area contributed by atoms with Crippen LogP contribution in [0.15, 0.2) is 30.7 Å². The Labute approximate surface area is 164 Å². The van der Waals surface area contributed by atoms with Crippen LogP contribution in [0.5, 0.6) is 0 Å². The molecule has 0 atom stereocenters. The third kappa shape index (κ3) is 3.41. The number of anilines is 1. The first kappa shape index (κ1) is 17.9. The number of nitrogens with zero attached hydrogens (tertiary/aromatic N) is 4. The average molecular weight is 405 g/mol. The molecule has 27 heavy (non-hydrogen) atoms. The molecule has 1 aromatic carbocycles. The zero-order valence-electron chi connectivity index (χ0n) is 14.0. The number of morpholine rings is 1. The number of ether oxygens (including phenoxy) is 1. The number of benzene rings is 1. The second kappa shape index (κ2) is 7.26. The van der Waals surface area contributed by atoms with Gasteiger partial charge in [-0.25, -0.2) is 14.8 Å². The predicted molar refractivity (Wildman–Crippen MR) is 103 cm³/mol. The molecule has 0 bridgehead atoms. The lowest BCUT2D eigenvalue weighted by Gasteiger charge is -2.30. The zero-order valence-corrected chi connectivity index (χ0v) is 15.5. The molecule has 2 aromatic heterocycles. The van der Waals surface area contributed by atoms with Gasteiger partial charge in [0.25, 0.3) is 0 Å². The Morgan fingerprint density at radius 3 is 2.41 bits per heavy atom. The zero-order chi connectivity index (χ0) is 19.0. The molecule has 3 aromatic rings. The molecule has 4 rings (SSSR count). The summed E-state index contributed by atoms with van der Waals surface area (Å²) < 4.78 is 5.39. The van der Waals surface area contributed by atoms with Gasteiger partial charge in [-0.1, -0.05) is 23.2 Å². The van der Waals surface area contributed by atoms with E-state index in [4.69, 9.17) is 27.9 Å². The van der Waals surface area contributed by atoms with E-state index < -0.39 is 5.97 Å². The Morgan fingerprint density at radius 2 is 1.74 bits per heavy atom. The van der Waals surface area contributed by atoms with Crippen LogP contribution in [-0.2, 0) is 4.74 Å². The van der Waals surface area contributed by atoms with E-state index >= 15 is 0 Å². The van der Waals surface area contributed by atoms with Crippen LogP contribution in [0.1, 0.15) is 10.4 Å². The fraction of sp³-hybridized carbons (Fsp3) is 0.222. The number of carboxylic acid groups (broad SMARTS) is 1. The first-order valence-electron chi connectivity index (χ1n) is 8.21. The maximum atomic E-state index is 11.8. The van der Waals surface area contributed by atoms with Crippen molar-refractivity contribution in [3.63, 3.8) is 0 Å². The standard InChI is InChI=1S/C18H14Cl2N4O3/c19-11-5-10(6-12(20)7-11)14-15-16(23-9-22-14)17(13(8-21-15)18(25)26)24-1-3-27-4-2-24/h5-9H,1-4H2,(H,25,26). The molecule has 1 aliphatic heterocycles. The Bertz CT molecular complexity index is 1020. The monoisotopic (exact) mass is 404 g/mol. The maximum absolute atomic E-state index is 11.8. The summed E-state index contributed by atoms with van der Waals surface area (Å²) in [6, 6.07) is 5.10. The van der Waals surface area contributed by atoms with Gasteiger partial charge in [-0.2, -0.15) is 0 Å². The van der Waals surface area contributed by atoms with E-state index in [1.807, 2.05) is 4.90 Å². The lowest BCUT2D eigenvalue weighted by molar-refractivity contribution is 0.0696. The molecule has 0 saturated carbocycles. The molecule has 9 heteroatoms. The minimum atomic E-state index is -1.06. The van der Waals surface area contributed by atoms with Gasteiger partial charge in [0.05, 0.1) is 18.9 Å². The Kier molecular flexibility index (Phi) is 4.82. The number of halogens is 2. The number of hydrogen-bond acceptors (Lipinski definition) is 6. The SMILES string of the molecule is O=C(O)c1cnc2c(-c3cc(Cl)cc(Cl)c3)ncnc2c1N1CCOCC1. The van der Waals surface area contributed by atoms with Crippen molar-refractivity contribution in [2.75, 3.05) is 31.2 Å². The minimum Gasteiger partial charge on any atom is -0.478 e. The van der Waals surface area contributed by atoms with Crippen LogP contribution in [0.25, 0.3) is 22.3 Å². The van der Waals surface area contributed by atoms with Crippen molar-refractivity contribution < 1.29 is 14.6 Å². The fourth-order valence-corrected chi connectivity index (χ4v) is 3.68. The highest BCUT2D eigenvalue weighted by Crippen LogP contribution is 2.34. The molecular weight excluding hydrogens is 391 g/mol. The number of aromatic nitrogens is 3. The van der Waals surface area contributed by atoms with Crippen LogP contribution >= 0.6 is 23.2 Å². The van der Waals surface area contributed by atoms with E-state index in [0.717, 1.165) is 0 Å². The normalized spacial score (nSPS) is 14.5. The van der Waals surface area contributed by atoms with E-state index in [-0.39, 0.29) is 5.56 Å². The largest absolute Gasteiger partial charge is 0.478 e. The van der Waals surface area contributed by atoms with Crippen LogP contribution in [0, 0.1) is 0 Å². The second-order valence-corrected chi connectivity index (χ2v) is 6.88. The summed E-state index contributed by atoms with van der Waals surface area (Å²) in [6.45, 7) is 2.18. The van der Waals surface area contributed by atoms with Gasteiger partial charge >= 0.3 is 5.97 Å². The molecular formula is C18H14Cl2N4O3. The summed E-state index contributed by atoms with van der Waals surface area (Å²) in [5, 5.41) is 10.6. The topological polar surface area (TPSA) is 88.4 Å². The molecule has 0 spiro atoms. The van der Waals surface area contributed by atoms with Crippen LogP contribution in [0.4, 0.5) is 5.69 Å². The van der Waals surface area contributed by atoms with E-state index in [9.17, 15) is 9.90 Å². The molecule has 1 aliphatic rings. The molecule has 1 saturated heterocycles. The molecule has 7 nitrogen and oxygen atoms in total. The minimum absolute atomic E-state index is 0.0955. The van der Waals surface area contributed by atoms with Gasteiger partial charge in [0.15, 0.2) is 0 Å². The third-order valence-electron chi connectivity index (χ3n) is 4.32. The van der Waals surface area contributed by atoms with Gasteiger partial charge in [0.2, 0.25) is 0 Å². The summed E-state index contributed by atoms with van der Waals surface area (Å²) in [5.41, 5.74) is 2.80. The molecule has 0 unspecified atom stereocenters. The second-order valence-electron chi connectivity index (χ2n) is 6.00. The van der Waals surface area contributed by atoms with Crippen molar-refractivity contribution in [1.29, 1.82) is 0 Å². The van der Waals surface area contributed by atoms with Gasteiger partial charge < -0.3 is 14.7 Å². The van der Waals surface area contributed by atoms with Crippen molar-refractivity contribution in [3.05, 3.63) is 46.3 Å². The van der Waals surface area contributed by atoms with Crippen LogP contribution in [-0.4, -0.2) is 52.3 Å². The molecule has 0 aliphatic carbocycles. The van der Waals surface area contributed by atoms with Crippen molar-refractivity contribution in [3.8, 4) is 11.3 Å². The van der Waals surface area contributed by atoms with Gasteiger partial charge in [-0.15, -0.1) is 0 Å². The smallest absolute Gasteiger partial charge is 0.339 e. The summed E-state index contributed by atoms with van der Waals surface area (Å²) in [5.74, 6) is -1.06. The predicted octanol–water partition coefficient (Wildman–Crippen LogP) is 3.53. The van der Waals surface area contributed by atoms with Crippen LogP contribution in [0.3, 0.4) is 0 Å². The quantitative estimate of drug-likeness (QED) is 0.713. The number of carbonyl (C=O) groups is 1. The molecule has 1 fully saturated rings. The van der Waals surface area contributed by atoms with Gasteiger partial charge in [0, 0.05) is 34.9 Å². The molecule has 0 amide bonds. The van der Waals surface area contributed by atoms with Gasteiger partial charge in [0.1, 0.15) is 28.6 Å². The van der Waals surface area contributed by atoms with Crippen molar-refractivity contribution in [1.82, 2.24) is 15.0 Å². The summed E-state index contributed by atoms with van der Waals surface area (Å²) >= 11 is 12.2. The summed E-state index contributed by atoms with van der Waals surface area (Å²) in [4.78, 5) is 26.8. The number of carboxylic acids is 1. The molecule has 138 valence electrons. The van der Waals surface area contributed by atoms with Crippen molar-refractivity contribution >= 4 is 45.9 Å². The van der Waals surface area contributed by atoms with E-state index in [0.29, 0.717) is 64.3 Å². The number of rotatable bonds is 3. The highest BCUT2D eigenvalue weighted by atomic mass is 35.5. The number of fused-ring (bicyclic) bond motifs is 1. The van der Waals surface area contributed by atoms with Gasteiger partial charge in [-0.05, 0) is 18.2 Å². The lowest BCUT2D eigenvalue weighted by atomic mass is 10.1. The fourth-order valence-electron chi connectivity index (χ4n) is 3.16. The highest BCUT2D eigenvalue weighted by Gasteiger charge is 2.24. The number of hydrogen-bond donors (Lipinski definition) is 1.